The third-order valence-corrected chi connectivity index (χ3v) is 5.06. The average molecular weight is 357 g/mol. The fourth-order valence-corrected chi connectivity index (χ4v) is 3.24. The van der Waals surface area contributed by atoms with Gasteiger partial charge in [-0.15, -0.1) is 11.6 Å². The quantitative estimate of drug-likeness (QED) is 0.410. The van der Waals surface area contributed by atoms with Crippen LogP contribution in [0.15, 0.2) is 22.8 Å². The topological polar surface area (TPSA) is 26.3 Å². The molecule has 2 aliphatic rings. The second kappa shape index (κ2) is 6.08. The van der Waals surface area contributed by atoms with E-state index < -0.39 is 34.4 Å². The first-order valence-corrected chi connectivity index (χ1v) is 7.87. The standard InChI is InChI=1S/C15H17Cl2F3O2/c1-14(2)10(6-11(17)15(18,19)20)12(14)13(21)22-9-4-3-8(5-9)7-16/h3,6,9-10,12H,4-5,7H2,1-2H3/t9?,10-,12-/m1/s1. The molecule has 0 saturated heterocycles. The summed E-state index contributed by atoms with van der Waals surface area (Å²) >= 11 is 11.0. The van der Waals surface area contributed by atoms with Crippen molar-refractivity contribution in [2.75, 3.05) is 5.88 Å². The predicted molar refractivity (Wildman–Crippen MR) is 78.7 cm³/mol. The van der Waals surface area contributed by atoms with Crippen LogP contribution < -0.4 is 0 Å². The first-order valence-electron chi connectivity index (χ1n) is 6.96. The highest BCUT2D eigenvalue weighted by molar-refractivity contribution is 6.30. The predicted octanol–water partition coefficient (Wildman–Crippen LogP) is 4.81. The molecule has 0 aromatic rings. The highest BCUT2D eigenvalue weighted by Gasteiger charge is 2.62. The van der Waals surface area contributed by atoms with Gasteiger partial charge in [-0.05, 0) is 11.3 Å². The summed E-state index contributed by atoms with van der Waals surface area (Å²) < 4.78 is 42.9. The van der Waals surface area contributed by atoms with E-state index in [4.69, 9.17) is 27.9 Å². The van der Waals surface area contributed by atoms with Gasteiger partial charge < -0.3 is 4.74 Å². The van der Waals surface area contributed by atoms with Gasteiger partial charge in [0.2, 0.25) is 0 Å². The second-order valence-electron chi connectivity index (χ2n) is 6.33. The molecule has 22 heavy (non-hydrogen) atoms. The number of carbonyl (C=O) groups is 1. The van der Waals surface area contributed by atoms with Gasteiger partial charge in [-0.3, -0.25) is 4.79 Å². The fraction of sp³-hybridized carbons (Fsp3) is 0.667. The fourth-order valence-electron chi connectivity index (χ4n) is 2.88. The van der Waals surface area contributed by atoms with E-state index in [1.54, 1.807) is 13.8 Å². The third kappa shape index (κ3) is 3.62. The molecule has 0 N–H and O–H groups in total. The maximum Gasteiger partial charge on any atom is 0.426 e. The van der Waals surface area contributed by atoms with Gasteiger partial charge in [-0.25, -0.2) is 0 Å². The number of rotatable bonds is 4. The Morgan fingerprint density at radius 1 is 1.50 bits per heavy atom. The van der Waals surface area contributed by atoms with Crippen molar-refractivity contribution >= 4 is 29.2 Å². The molecule has 1 fully saturated rings. The van der Waals surface area contributed by atoms with E-state index in [-0.39, 0.29) is 6.10 Å². The highest BCUT2D eigenvalue weighted by Crippen LogP contribution is 2.60. The molecule has 0 amide bonds. The summed E-state index contributed by atoms with van der Waals surface area (Å²) in [4.78, 5) is 12.2. The smallest absolute Gasteiger partial charge is 0.426 e. The zero-order valence-corrected chi connectivity index (χ0v) is 13.7. The Hall–Kier alpha value is -0.680. The van der Waals surface area contributed by atoms with Gasteiger partial charge in [0.25, 0.3) is 0 Å². The Morgan fingerprint density at radius 3 is 2.64 bits per heavy atom. The minimum absolute atomic E-state index is 0.264. The number of hydrogen-bond donors (Lipinski definition) is 0. The Balaban J connectivity index is 1.97. The van der Waals surface area contributed by atoms with Crippen molar-refractivity contribution in [3.8, 4) is 0 Å². The van der Waals surface area contributed by atoms with Crippen LogP contribution in [0.2, 0.25) is 0 Å². The Labute approximate surface area is 137 Å². The molecule has 2 rings (SSSR count). The van der Waals surface area contributed by atoms with Crippen LogP contribution in [0.5, 0.6) is 0 Å². The van der Waals surface area contributed by atoms with Crippen LogP contribution >= 0.6 is 23.2 Å². The normalized spacial score (nSPS) is 31.0. The molecule has 0 aromatic carbocycles. The van der Waals surface area contributed by atoms with Gasteiger partial charge >= 0.3 is 12.1 Å². The molecule has 3 atom stereocenters. The largest absolute Gasteiger partial charge is 0.461 e. The van der Waals surface area contributed by atoms with Crippen molar-refractivity contribution in [1.82, 2.24) is 0 Å². The van der Waals surface area contributed by atoms with Gasteiger partial charge in [0.1, 0.15) is 11.1 Å². The first kappa shape index (κ1) is 17.7. The molecule has 0 aromatic heterocycles. The van der Waals surface area contributed by atoms with E-state index in [2.05, 4.69) is 0 Å². The van der Waals surface area contributed by atoms with Crippen molar-refractivity contribution in [2.24, 2.45) is 17.3 Å². The van der Waals surface area contributed by atoms with Gasteiger partial charge in [0.15, 0.2) is 0 Å². The highest BCUT2D eigenvalue weighted by atomic mass is 35.5. The van der Waals surface area contributed by atoms with Crippen molar-refractivity contribution in [2.45, 2.75) is 39.0 Å². The zero-order chi connectivity index (χ0) is 16.7. The lowest BCUT2D eigenvalue weighted by Crippen LogP contribution is -2.19. The molecule has 0 bridgehead atoms. The van der Waals surface area contributed by atoms with E-state index in [0.717, 1.165) is 11.6 Å². The number of hydrogen-bond acceptors (Lipinski definition) is 2. The lowest BCUT2D eigenvalue weighted by atomic mass is 10.1. The van der Waals surface area contributed by atoms with Gasteiger partial charge in [0, 0.05) is 18.7 Å². The number of alkyl halides is 4. The summed E-state index contributed by atoms with van der Waals surface area (Å²) in [5.41, 5.74) is 0.440. The van der Waals surface area contributed by atoms with Crippen molar-refractivity contribution in [3.63, 3.8) is 0 Å². The van der Waals surface area contributed by atoms with Crippen LogP contribution in [0.25, 0.3) is 0 Å². The molecular weight excluding hydrogens is 340 g/mol. The summed E-state index contributed by atoms with van der Waals surface area (Å²) in [6.07, 6.45) is -0.804. The number of halogens is 5. The van der Waals surface area contributed by atoms with Crippen LogP contribution in [-0.4, -0.2) is 24.1 Å². The number of allylic oxidation sites excluding steroid dienone is 2. The molecule has 2 nitrogen and oxygen atoms in total. The average Bonchev–Trinajstić information content (AvgIpc) is 2.74. The van der Waals surface area contributed by atoms with Crippen LogP contribution in [0.3, 0.4) is 0 Å². The Morgan fingerprint density at radius 2 is 2.14 bits per heavy atom. The van der Waals surface area contributed by atoms with Crippen molar-refractivity contribution in [1.29, 1.82) is 0 Å². The lowest BCUT2D eigenvalue weighted by Gasteiger charge is -2.12. The molecule has 0 radical (unpaired) electrons. The van der Waals surface area contributed by atoms with Crippen molar-refractivity contribution < 1.29 is 22.7 Å². The Bertz CT molecular complexity index is 523. The van der Waals surface area contributed by atoms with Crippen LogP contribution in [0.4, 0.5) is 13.2 Å². The van der Waals surface area contributed by atoms with Crippen LogP contribution in [0, 0.1) is 17.3 Å². The number of carbonyl (C=O) groups excluding carboxylic acids is 1. The molecule has 1 saturated carbocycles. The third-order valence-electron chi connectivity index (χ3n) is 4.38. The SMILES string of the molecule is CC1(C)[C@H](C=C(Cl)C(F)(F)F)[C@@H]1C(=O)OC1CC=C(CCl)C1. The second-order valence-corrected chi connectivity index (χ2v) is 7.01. The molecule has 124 valence electrons. The molecule has 0 heterocycles. The molecule has 1 unspecified atom stereocenters. The number of ether oxygens (including phenoxy) is 1. The van der Waals surface area contributed by atoms with Gasteiger partial charge in [-0.1, -0.05) is 43.2 Å². The van der Waals surface area contributed by atoms with E-state index in [9.17, 15) is 18.0 Å². The number of esters is 1. The first-order chi connectivity index (χ1) is 10.1. The summed E-state index contributed by atoms with van der Waals surface area (Å²) in [5, 5.41) is -1.19. The van der Waals surface area contributed by atoms with E-state index >= 15 is 0 Å². The monoisotopic (exact) mass is 356 g/mol. The zero-order valence-electron chi connectivity index (χ0n) is 12.2. The maximum atomic E-state index is 12.5. The molecule has 7 heteroatoms. The summed E-state index contributed by atoms with van der Waals surface area (Å²) in [6, 6.07) is 0. The Kier molecular flexibility index (Phi) is 4.88. The summed E-state index contributed by atoms with van der Waals surface area (Å²) in [6.45, 7) is 3.47. The summed E-state index contributed by atoms with van der Waals surface area (Å²) in [5.74, 6) is -1.22. The van der Waals surface area contributed by atoms with E-state index in [0.29, 0.717) is 18.7 Å². The summed E-state index contributed by atoms with van der Waals surface area (Å²) in [7, 11) is 0. The van der Waals surface area contributed by atoms with E-state index in [1.165, 1.54) is 0 Å². The minimum atomic E-state index is -4.58. The molecular formula is C15H17Cl2F3O2. The minimum Gasteiger partial charge on any atom is -0.461 e. The maximum absolute atomic E-state index is 12.5. The van der Waals surface area contributed by atoms with Gasteiger partial charge in [0.05, 0.1) is 5.92 Å². The molecule has 0 aliphatic heterocycles. The molecule has 0 spiro atoms. The van der Waals surface area contributed by atoms with Crippen molar-refractivity contribution in [3.05, 3.63) is 22.8 Å². The van der Waals surface area contributed by atoms with Gasteiger partial charge in [-0.2, -0.15) is 13.2 Å². The van der Waals surface area contributed by atoms with Crippen LogP contribution in [-0.2, 0) is 9.53 Å². The van der Waals surface area contributed by atoms with E-state index in [1.807, 2.05) is 6.08 Å². The lowest BCUT2D eigenvalue weighted by molar-refractivity contribution is -0.151. The molecule has 2 aliphatic carbocycles. The van der Waals surface area contributed by atoms with Crippen LogP contribution in [0.1, 0.15) is 26.7 Å².